The lowest BCUT2D eigenvalue weighted by Crippen LogP contribution is -2.38. The minimum absolute atomic E-state index is 0. The lowest BCUT2D eigenvalue weighted by Gasteiger charge is -2.11. The summed E-state index contributed by atoms with van der Waals surface area (Å²) in [5.74, 6) is 1.71. The molecule has 144 valence electrons. The Balaban J connectivity index is 0.00000261. The fourth-order valence-corrected chi connectivity index (χ4v) is 2.92. The van der Waals surface area contributed by atoms with Crippen LogP contribution in [0, 0.1) is 0 Å². The second kappa shape index (κ2) is 11.1. The van der Waals surface area contributed by atoms with E-state index in [-0.39, 0.29) is 24.0 Å². The van der Waals surface area contributed by atoms with Crippen LogP contribution in [0.5, 0.6) is 0 Å². The van der Waals surface area contributed by atoms with Crippen molar-refractivity contribution in [3.8, 4) is 0 Å². The molecule has 0 aliphatic rings. The summed E-state index contributed by atoms with van der Waals surface area (Å²) in [6.07, 6.45) is 3.55. The molecule has 0 atom stereocenters. The van der Waals surface area contributed by atoms with E-state index in [2.05, 4.69) is 32.7 Å². The number of aromatic nitrogens is 3. The summed E-state index contributed by atoms with van der Waals surface area (Å²) in [5, 5.41) is 15.8. The maximum atomic E-state index is 6.20. The largest absolute Gasteiger partial charge is 0.357 e. The number of nitrogens with zero attached hydrogens (tertiary/aromatic N) is 4. The third-order valence-electron chi connectivity index (χ3n) is 3.98. The smallest absolute Gasteiger partial charge is 0.191 e. The molecule has 1 aromatic carbocycles. The van der Waals surface area contributed by atoms with Gasteiger partial charge < -0.3 is 10.6 Å². The van der Waals surface area contributed by atoms with Crippen molar-refractivity contribution in [2.75, 3.05) is 19.6 Å². The highest BCUT2D eigenvalue weighted by molar-refractivity contribution is 14.0. The molecule has 0 amide bonds. The molecule has 0 radical (unpaired) electrons. The third-order valence-corrected chi connectivity index (χ3v) is 4.35. The van der Waals surface area contributed by atoms with Crippen LogP contribution in [-0.2, 0) is 12.8 Å². The van der Waals surface area contributed by atoms with Gasteiger partial charge in [0.1, 0.15) is 5.82 Å². The van der Waals surface area contributed by atoms with Crippen LogP contribution in [-0.4, -0.2) is 40.2 Å². The molecule has 0 aliphatic heterocycles. The van der Waals surface area contributed by atoms with Crippen LogP contribution in [0.3, 0.4) is 0 Å². The molecule has 6 nitrogen and oxygen atoms in total. The van der Waals surface area contributed by atoms with Crippen molar-refractivity contribution in [3.63, 3.8) is 0 Å². The highest BCUT2D eigenvalue weighted by Crippen LogP contribution is 2.14. The number of fused-ring (bicyclic) bond motifs is 1. The lowest BCUT2D eigenvalue weighted by atomic mass is 10.1. The van der Waals surface area contributed by atoms with Crippen molar-refractivity contribution in [2.45, 2.75) is 19.8 Å². The second-order valence-electron chi connectivity index (χ2n) is 5.82. The molecule has 27 heavy (non-hydrogen) atoms. The van der Waals surface area contributed by atoms with Crippen molar-refractivity contribution >= 4 is 47.2 Å². The van der Waals surface area contributed by atoms with Gasteiger partial charge in [0, 0.05) is 37.3 Å². The number of guanidine groups is 1. The van der Waals surface area contributed by atoms with Gasteiger partial charge in [0.05, 0.1) is 0 Å². The van der Waals surface area contributed by atoms with Crippen LogP contribution in [0.2, 0.25) is 5.02 Å². The van der Waals surface area contributed by atoms with Crippen LogP contribution < -0.4 is 10.6 Å². The van der Waals surface area contributed by atoms with E-state index >= 15 is 0 Å². The van der Waals surface area contributed by atoms with Crippen LogP contribution in [0.4, 0.5) is 0 Å². The van der Waals surface area contributed by atoms with Crippen LogP contribution in [0.1, 0.15) is 18.3 Å². The van der Waals surface area contributed by atoms with E-state index in [1.807, 2.05) is 53.1 Å². The summed E-state index contributed by atoms with van der Waals surface area (Å²) in [5.41, 5.74) is 1.99. The quantitative estimate of drug-likeness (QED) is 0.298. The molecule has 8 heteroatoms. The van der Waals surface area contributed by atoms with E-state index in [9.17, 15) is 0 Å². The van der Waals surface area contributed by atoms with E-state index in [0.717, 1.165) is 53.9 Å². The second-order valence-corrected chi connectivity index (χ2v) is 6.23. The van der Waals surface area contributed by atoms with Gasteiger partial charge in [0.15, 0.2) is 11.6 Å². The predicted octanol–water partition coefficient (Wildman–Crippen LogP) is 3.34. The molecule has 0 aliphatic carbocycles. The summed E-state index contributed by atoms with van der Waals surface area (Å²) in [7, 11) is 0. The number of nitrogens with one attached hydrogen (secondary N) is 2. The fourth-order valence-electron chi connectivity index (χ4n) is 2.69. The summed E-state index contributed by atoms with van der Waals surface area (Å²) in [6.45, 7) is 4.27. The summed E-state index contributed by atoms with van der Waals surface area (Å²) >= 11 is 6.20. The van der Waals surface area contributed by atoms with Crippen LogP contribution in [0.25, 0.3) is 5.65 Å². The van der Waals surface area contributed by atoms with Crippen LogP contribution >= 0.6 is 35.6 Å². The molecular weight excluding hydrogens is 475 g/mol. The standard InChI is InChI=1S/C19H23ClN6.HI/c1-2-21-19(22-12-10-15-7-3-4-8-16(15)20)23-13-11-18-25-24-17-9-5-6-14-26(17)18;/h3-9,14H,2,10-13H2,1H3,(H2,21,22,23);1H. The minimum Gasteiger partial charge on any atom is -0.357 e. The van der Waals surface area contributed by atoms with Crippen molar-refractivity contribution in [2.24, 2.45) is 4.99 Å². The maximum absolute atomic E-state index is 6.20. The summed E-state index contributed by atoms with van der Waals surface area (Å²) < 4.78 is 1.99. The average Bonchev–Trinajstić information content (AvgIpc) is 3.07. The van der Waals surface area contributed by atoms with E-state index < -0.39 is 0 Å². The van der Waals surface area contributed by atoms with E-state index in [1.54, 1.807) is 0 Å². The zero-order valence-electron chi connectivity index (χ0n) is 15.2. The summed E-state index contributed by atoms with van der Waals surface area (Å²) in [4.78, 5) is 4.63. The zero-order chi connectivity index (χ0) is 18.2. The molecule has 0 unspecified atom stereocenters. The molecule has 0 spiro atoms. The predicted molar refractivity (Wildman–Crippen MR) is 121 cm³/mol. The van der Waals surface area contributed by atoms with Gasteiger partial charge in [0.2, 0.25) is 0 Å². The number of hydrogen-bond acceptors (Lipinski definition) is 3. The van der Waals surface area contributed by atoms with Gasteiger partial charge in [-0.2, -0.15) is 0 Å². The van der Waals surface area contributed by atoms with Crippen molar-refractivity contribution in [3.05, 3.63) is 65.1 Å². The molecule has 2 heterocycles. The van der Waals surface area contributed by atoms with Crippen molar-refractivity contribution < 1.29 is 0 Å². The Kier molecular flexibility index (Phi) is 8.80. The highest BCUT2D eigenvalue weighted by atomic mass is 127. The lowest BCUT2D eigenvalue weighted by molar-refractivity contribution is 0.785. The molecule has 0 bridgehead atoms. The van der Waals surface area contributed by atoms with E-state index in [1.165, 1.54) is 0 Å². The Hall–Kier alpha value is -1.87. The Morgan fingerprint density at radius 1 is 1.07 bits per heavy atom. The van der Waals surface area contributed by atoms with Gasteiger partial charge in [-0.25, -0.2) is 0 Å². The molecule has 0 saturated carbocycles. The Bertz CT molecular complexity index is 879. The van der Waals surface area contributed by atoms with E-state index in [0.29, 0.717) is 6.54 Å². The minimum atomic E-state index is 0. The monoisotopic (exact) mass is 498 g/mol. The van der Waals surface area contributed by atoms with Gasteiger partial charge in [0.25, 0.3) is 0 Å². The molecule has 0 saturated heterocycles. The first-order valence-electron chi connectivity index (χ1n) is 8.82. The molecule has 2 N–H and O–H groups in total. The first-order chi connectivity index (χ1) is 12.8. The fraction of sp³-hybridized carbons (Fsp3) is 0.316. The maximum Gasteiger partial charge on any atom is 0.191 e. The van der Waals surface area contributed by atoms with Crippen molar-refractivity contribution in [1.29, 1.82) is 0 Å². The zero-order valence-corrected chi connectivity index (χ0v) is 18.3. The van der Waals surface area contributed by atoms with Crippen molar-refractivity contribution in [1.82, 2.24) is 25.2 Å². The first kappa shape index (κ1) is 21.4. The summed E-state index contributed by atoms with van der Waals surface area (Å²) in [6, 6.07) is 13.8. The SMILES string of the molecule is CCNC(=NCCc1nnc2ccccn12)NCCc1ccccc1Cl.I. The van der Waals surface area contributed by atoms with Gasteiger partial charge in [-0.1, -0.05) is 35.9 Å². The van der Waals surface area contributed by atoms with Gasteiger partial charge in [-0.05, 0) is 37.1 Å². The number of aliphatic imine (C=N–C) groups is 1. The molecule has 3 rings (SSSR count). The Labute approximate surface area is 181 Å². The van der Waals surface area contributed by atoms with Crippen LogP contribution in [0.15, 0.2) is 53.7 Å². The molecular formula is C19H24ClIN6. The topological polar surface area (TPSA) is 66.6 Å². The highest BCUT2D eigenvalue weighted by Gasteiger charge is 2.04. The molecule has 0 fully saturated rings. The number of halogens is 2. The first-order valence-corrected chi connectivity index (χ1v) is 9.20. The van der Waals surface area contributed by atoms with E-state index in [4.69, 9.17) is 11.6 Å². The van der Waals surface area contributed by atoms with Gasteiger partial charge in [-0.15, -0.1) is 34.2 Å². The Morgan fingerprint density at radius 2 is 1.89 bits per heavy atom. The number of benzene rings is 1. The average molecular weight is 499 g/mol. The third kappa shape index (κ3) is 6.07. The molecule has 3 aromatic rings. The number of hydrogen-bond donors (Lipinski definition) is 2. The number of rotatable bonds is 7. The van der Waals surface area contributed by atoms with Gasteiger partial charge >= 0.3 is 0 Å². The Morgan fingerprint density at radius 3 is 2.70 bits per heavy atom. The van der Waals surface area contributed by atoms with Gasteiger partial charge in [-0.3, -0.25) is 9.39 Å². The molecule has 2 aromatic heterocycles. The number of pyridine rings is 1. The normalized spacial score (nSPS) is 11.3.